The first-order valence-electron chi connectivity index (χ1n) is 9.12. The number of rotatable bonds is 6. The molecule has 0 fully saturated rings. The second kappa shape index (κ2) is 8.13. The highest BCUT2D eigenvalue weighted by Gasteiger charge is 2.33. The highest BCUT2D eigenvalue weighted by molar-refractivity contribution is 5.55. The molecule has 0 aromatic heterocycles. The lowest BCUT2D eigenvalue weighted by Gasteiger charge is -2.33. The minimum atomic E-state index is -0.587. The third kappa shape index (κ3) is 3.65. The van der Waals surface area contributed by atoms with Crippen molar-refractivity contribution in [1.82, 2.24) is 0 Å². The molecule has 0 atom stereocenters. The molecular formula is C23H24O6. The van der Waals surface area contributed by atoms with Gasteiger partial charge in [0.25, 0.3) is 0 Å². The van der Waals surface area contributed by atoms with Gasteiger partial charge >= 0.3 is 0 Å². The van der Waals surface area contributed by atoms with Gasteiger partial charge in [-0.3, -0.25) is 0 Å². The Kier molecular flexibility index (Phi) is 5.79. The van der Waals surface area contributed by atoms with Crippen LogP contribution in [0.4, 0.5) is 0 Å². The van der Waals surface area contributed by atoms with Crippen molar-refractivity contribution in [1.29, 1.82) is 0 Å². The number of hydrogen-bond acceptors (Lipinski definition) is 6. The average molecular weight is 396 g/mol. The Morgan fingerprint density at radius 1 is 0.552 bits per heavy atom. The molecule has 0 aliphatic heterocycles. The monoisotopic (exact) mass is 396 g/mol. The Hall–Kier alpha value is -3.06. The van der Waals surface area contributed by atoms with Crippen LogP contribution in [0.25, 0.3) is 0 Å². The van der Waals surface area contributed by atoms with Gasteiger partial charge in [-0.2, -0.15) is 0 Å². The zero-order chi connectivity index (χ0) is 21.2. The first kappa shape index (κ1) is 20.7. The van der Waals surface area contributed by atoms with Gasteiger partial charge in [-0.25, -0.2) is 15.8 Å². The van der Waals surface area contributed by atoms with E-state index in [1.54, 1.807) is 18.2 Å². The van der Waals surface area contributed by atoms with E-state index in [1.165, 1.54) is 0 Å². The zero-order valence-corrected chi connectivity index (χ0v) is 16.8. The topological polar surface area (TPSA) is 88.4 Å². The maximum absolute atomic E-state index is 9.06. The predicted octanol–water partition coefficient (Wildman–Crippen LogP) is 5.52. The fourth-order valence-electron chi connectivity index (χ4n) is 3.69. The van der Waals surface area contributed by atoms with Crippen molar-refractivity contribution in [3.05, 3.63) is 88.0 Å². The first-order chi connectivity index (χ1) is 13.8. The van der Waals surface area contributed by atoms with Crippen molar-refractivity contribution in [2.45, 2.75) is 33.1 Å². The van der Waals surface area contributed by atoms with Gasteiger partial charge < -0.3 is 14.7 Å². The molecule has 3 aromatic carbocycles. The van der Waals surface area contributed by atoms with Crippen molar-refractivity contribution >= 4 is 0 Å². The van der Waals surface area contributed by atoms with Gasteiger partial charge in [0.1, 0.15) is 0 Å². The van der Waals surface area contributed by atoms with Crippen LogP contribution in [0.2, 0.25) is 0 Å². The van der Waals surface area contributed by atoms with E-state index in [4.69, 9.17) is 15.8 Å². The van der Waals surface area contributed by atoms with Gasteiger partial charge in [0.05, 0.1) is 0 Å². The predicted molar refractivity (Wildman–Crippen MR) is 109 cm³/mol. The summed E-state index contributed by atoms with van der Waals surface area (Å²) in [4.78, 5) is 13.3. The van der Waals surface area contributed by atoms with Crippen molar-refractivity contribution in [3.8, 4) is 17.2 Å². The van der Waals surface area contributed by atoms with E-state index in [9.17, 15) is 0 Å². The van der Waals surface area contributed by atoms with Crippen LogP contribution in [0.3, 0.4) is 0 Å². The summed E-state index contributed by atoms with van der Waals surface area (Å²) in [5, 5.41) is 27.2. The second-order valence-corrected chi connectivity index (χ2v) is 7.34. The van der Waals surface area contributed by atoms with Gasteiger partial charge in [-0.05, 0) is 79.3 Å². The highest BCUT2D eigenvalue weighted by Crippen LogP contribution is 2.42. The molecule has 3 N–H and O–H groups in total. The maximum atomic E-state index is 9.06. The SMILES string of the molecule is Cc1cc(C(C)(c2ccc(OO)c(C)c2)c2ccc(OO)c(C)c2)ccc1OO. The summed E-state index contributed by atoms with van der Waals surface area (Å²) in [6, 6.07) is 16.7. The Labute approximate surface area is 169 Å². The first-order valence-corrected chi connectivity index (χ1v) is 9.12. The summed E-state index contributed by atoms with van der Waals surface area (Å²) in [6.07, 6.45) is 0. The molecule has 0 saturated heterocycles. The van der Waals surface area contributed by atoms with Crippen LogP contribution in [0.1, 0.15) is 40.3 Å². The standard InChI is InChI=1S/C23H24O6/c1-14-11-17(5-8-20(14)27-24)23(4,18-6-9-21(28-25)15(2)12-18)19-7-10-22(29-26)16(3)13-19/h5-13,24-26H,1-4H3. The maximum Gasteiger partial charge on any atom is 0.168 e. The molecular weight excluding hydrogens is 372 g/mol. The molecule has 3 rings (SSSR count). The lowest BCUT2D eigenvalue weighted by Crippen LogP contribution is -2.26. The molecule has 0 unspecified atom stereocenters. The Balaban J connectivity index is 2.27. The van der Waals surface area contributed by atoms with Crippen LogP contribution < -0.4 is 14.7 Å². The van der Waals surface area contributed by atoms with Crippen LogP contribution in [0.15, 0.2) is 54.6 Å². The van der Waals surface area contributed by atoms with E-state index in [0.717, 1.165) is 33.4 Å². The molecule has 3 aromatic rings. The third-order valence-electron chi connectivity index (χ3n) is 5.55. The third-order valence-corrected chi connectivity index (χ3v) is 5.55. The van der Waals surface area contributed by atoms with Crippen molar-refractivity contribution in [3.63, 3.8) is 0 Å². The van der Waals surface area contributed by atoms with E-state index in [2.05, 4.69) is 21.6 Å². The smallest absolute Gasteiger partial charge is 0.168 e. The van der Waals surface area contributed by atoms with E-state index < -0.39 is 5.41 Å². The fourth-order valence-corrected chi connectivity index (χ4v) is 3.69. The van der Waals surface area contributed by atoms with Crippen molar-refractivity contribution < 1.29 is 30.4 Å². The molecule has 29 heavy (non-hydrogen) atoms. The lowest BCUT2D eigenvalue weighted by molar-refractivity contribution is -0.138. The van der Waals surface area contributed by atoms with Gasteiger partial charge in [0.2, 0.25) is 0 Å². The van der Waals surface area contributed by atoms with Crippen LogP contribution in [0.5, 0.6) is 17.2 Å². The average Bonchev–Trinajstić information content (AvgIpc) is 2.72. The van der Waals surface area contributed by atoms with Crippen LogP contribution >= 0.6 is 0 Å². The Bertz CT molecular complexity index is 898. The largest absolute Gasteiger partial charge is 0.340 e. The van der Waals surface area contributed by atoms with E-state index >= 15 is 0 Å². The minimum Gasteiger partial charge on any atom is -0.340 e. The van der Waals surface area contributed by atoms with Crippen molar-refractivity contribution in [2.75, 3.05) is 0 Å². The van der Waals surface area contributed by atoms with E-state index in [0.29, 0.717) is 17.2 Å². The molecule has 0 spiro atoms. The Morgan fingerprint density at radius 2 is 0.828 bits per heavy atom. The lowest BCUT2D eigenvalue weighted by atomic mass is 9.70. The number of hydrogen-bond donors (Lipinski definition) is 3. The molecule has 0 saturated carbocycles. The molecule has 0 amide bonds. The van der Waals surface area contributed by atoms with Gasteiger partial charge in [-0.15, -0.1) is 0 Å². The molecule has 0 radical (unpaired) electrons. The van der Waals surface area contributed by atoms with E-state index in [-0.39, 0.29) is 0 Å². The molecule has 6 nitrogen and oxygen atoms in total. The summed E-state index contributed by atoms with van der Waals surface area (Å²) in [5.74, 6) is 1.16. The van der Waals surface area contributed by atoms with Crippen molar-refractivity contribution in [2.24, 2.45) is 0 Å². The van der Waals surface area contributed by atoms with Crippen LogP contribution in [0, 0.1) is 20.8 Å². The summed E-state index contributed by atoms with van der Waals surface area (Å²) >= 11 is 0. The summed E-state index contributed by atoms with van der Waals surface area (Å²) in [7, 11) is 0. The molecule has 0 aliphatic rings. The quantitative estimate of drug-likeness (QED) is 0.289. The second-order valence-electron chi connectivity index (χ2n) is 7.34. The van der Waals surface area contributed by atoms with Gasteiger partial charge in [0.15, 0.2) is 17.2 Å². The highest BCUT2D eigenvalue weighted by atomic mass is 17.1. The summed E-state index contributed by atoms with van der Waals surface area (Å²) in [6.45, 7) is 7.66. The van der Waals surface area contributed by atoms with Gasteiger partial charge in [0, 0.05) is 5.41 Å². The number of benzene rings is 3. The van der Waals surface area contributed by atoms with Crippen LogP contribution in [-0.2, 0) is 5.41 Å². The molecule has 6 heteroatoms. The molecule has 0 bridgehead atoms. The summed E-state index contributed by atoms with van der Waals surface area (Å²) < 4.78 is 0. The normalized spacial score (nSPS) is 11.3. The van der Waals surface area contributed by atoms with Crippen LogP contribution in [-0.4, -0.2) is 15.8 Å². The summed E-state index contributed by atoms with van der Waals surface area (Å²) in [5.41, 5.74) is 4.71. The van der Waals surface area contributed by atoms with E-state index in [1.807, 2.05) is 57.2 Å². The van der Waals surface area contributed by atoms with Gasteiger partial charge in [-0.1, -0.05) is 36.4 Å². The number of aryl methyl sites for hydroxylation is 3. The molecule has 0 heterocycles. The minimum absolute atomic E-state index is 0.386. The fraction of sp³-hybridized carbons (Fsp3) is 0.217. The zero-order valence-electron chi connectivity index (χ0n) is 16.8. The molecule has 0 aliphatic carbocycles. The Morgan fingerprint density at radius 3 is 1.03 bits per heavy atom. The molecule has 152 valence electrons.